The SMILES string of the molecule is C[C@H](Cc1ccccc1)OC(N)=O. The molecule has 0 fully saturated rings. The van der Waals surface area contributed by atoms with Crippen molar-refractivity contribution >= 4 is 6.09 Å². The topological polar surface area (TPSA) is 52.3 Å². The third kappa shape index (κ3) is 3.60. The highest BCUT2D eigenvalue weighted by atomic mass is 16.6. The van der Waals surface area contributed by atoms with Crippen LogP contribution in [0.4, 0.5) is 4.79 Å². The highest BCUT2D eigenvalue weighted by Gasteiger charge is 2.05. The van der Waals surface area contributed by atoms with Crippen molar-refractivity contribution in [2.24, 2.45) is 5.73 Å². The average molecular weight is 179 g/mol. The number of nitrogens with two attached hydrogens (primary N) is 1. The fourth-order valence-electron chi connectivity index (χ4n) is 1.19. The first-order valence-electron chi connectivity index (χ1n) is 4.18. The van der Waals surface area contributed by atoms with Gasteiger partial charge in [-0.05, 0) is 12.5 Å². The average Bonchev–Trinajstić information content (AvgIpc) is 2.04. The molecular weight excluding hydrogens is 166 g/mol. The van der Waals surface area contributed by atoms with Crippen LogP contribution >= 0.6 is 0 Å². The Morgan fingerprint density at radius 3 is 2.62 bits per heavy atom. The molecule has 1 aromatic rings. The Morgan fingerprint density at radius 2 is 2.08 bits per heavy atom. The third-order valence-electron chi connectivity index (χ3n) is 1.68. The Hall–Kier alpha value is -1.51. The minimum atomic E-state index is -0.719. The molecule has 0 heterocycles. The van der Waals surface area contributed by atoms with Gasteiger partial charge in [0.1, 0.15) is 6.10 Å². The molecule has 0 unspecified atom stereocenters. The van der Waals surface area contributed by atoms with E-state index in [2.05, 4.69) is 0 Å². The van der Waals surface area contributed by atoms with E-state index in [9.17, 15) is 4.79 Å². The molecule has 0 aliphatic rings. The molecule has 1 aromatic carbocycles. The van der Waals surface area contributed by atoms with E-state index in [0.29, 0.717) is 6.42 Å². The van der Waals surface area contributed by atoms with Gasteiger partial charge >= 0.3 is 6.09 Å². The number of ether oxygens (including phenoxy) is 1. The lowest BCUT2D eigenvalue weighted by molar-refractivity contribution is 0.116. The lowest BCUT2D eigenvalue weighted by Gasteiger charge is -2.10. The predicted octanol–water partition coefficient (Wildman–Crippen LogP) is 1.71. The third-order valence-corrected chi connectivity index (χ3v) is 1.68. The van der Waals surface area contributed by atoms with Crippen molar-refractivity contribution < 1.29 is 9.53 Å². The van der Waals surface area contributed by atoms with Gasteiger partial charge in [-0.25, -0.2) is 4.79 Å². The minimum Gasteiger partial charge on any atom is -0.446 e. The molecule has 0 saturated carbocycles. The van der Waals surface area contributed by atoms with Crippen LogP contribution in [0.3, 0.4) is 0 Å². The fraction of sp³-hybridized carbons (Fsp3) is 0.300. The number of hydrogen-bond donors (Lipinski definition) is 1. The summed E-state index contributed by atoms with van der Waals surface area (Å²) >= 11 is 0. The molecule has 0 spiro atoms. The molecular formula is C10H13NO2. The molecule has 0 aliphatic heterocycles. The summed E-state index contributed by atoms with van der Waals surface area (Å²) in [5.74, 6) is 0. The van der Waals surface area contributed by atoms with Crippen molar-refractivity contribution in [3.8, 4) is 0 Å². The minimum absolute atomic E-state index is 0.167. The zero-order valence-electron chi connectivity index (χ0n) is 7.57. The molecule has 1 amide bonds. The maximum atomic E-state index is 10.4. The maximum Gasteiger partial charge on any atom is 0.404 e. The van der Waals surface area contributed by atoms with Crippen molar-refractivity contribution in [2.45, 2.75) is 19.4 Å². The number of benzene rings is 1. The molecule has 0 bridgehead atoms. The number of hydrogen-bond acceptors (Lipinski definition) is 2. The summed E-state index contributed by atoms with van der Waals surface area (Å²) in [6, 6.07) is 9.82. The Morgan fingerprint density at radius 1 is 1.46 bits per heavy atom. The Kier molecular flexibility index (Phi) is 3.31. The van der Waals surface area contributed by atoms with E-state index in [0.717, 1.165) is 5.56 Å². The largest absolute Gasteiger partial charge is 0.446 e. The monoisotopic (exact) mass is 179 g/mol. The van der Waals surface area contributed by atoms with Gasteiger partial charge < -0.3 is 10.5 Å². The van der Waals surface area contributed by atoms with Gasteiger partial charge in [0.05, 0.1) is 0 Å². The van der Waals surface area contributed by atoms with E-state index in [4.69, 9.17) is 10.5 Å². The van der Waals surface area contributed by atoms with E-state index in [-0.39, 0.29) is 6.10 Å². The van der Waals surface area contributed by atoms with Gasteiger partial charge in [0.2, 0.25) is 0 Å². The van der Waals surface area contributed by atoms with Crippen molar-refractivity contribution in [1.82, 2.24) is 0 Å². The second-order valence-electron chi connectivity index (χ2n) is 2.94. The second-order valence-corrected chi connectivity index (χ2v) is 2.94. The van der Waals surface area contributed by atoms with Gasteiger partial charge in [0, 0.05) is 6.42 Å². The van der Waals surface area contributed by atoms with Crippen LogP contribution in [0.5, 0.6) is 0 Å². The molecule has 70 valence electrons. The Balaban J connectivity index is 2.45. The highest BCUT2D eigenvalue weighted by Crippen LogP contribution is 2.04. The van der Waals surface area contributed by atoms with Gasteiger partial charge in [-0.2, -0.15) is 0 Å². The number of amides is 1. The van der Waals surface area contributed by atoms with Gasteiger partial charge in [0.15, 0.2) is 0 Å². The molecule has 0 aliphatic carbocycles. The molecule has 2 N–H and O–H groups in total. The summed E-state index contributed by atoms with van der Waals surface area (Å²) in [5, 5.41) is 0. The van der Waals surface area contributed by atoms with Crippen LogP contribution in [0.25, 0.3) is 0 Å². The van der Waals surface area contributed by atoms with Crippen LogP contribution in [0.15, 0.2) is 30.3 Å². The van der Waals surface area contributed by atoms with Gasteiger partial charge in [-0.15, -0.1) is 0 Å². The van der Waals surface area contributed by atoms with Crippen LogP contribution in [-0.4, -0.2) is 12.2 Å². The van der Waals surface area contributed by atoms with E-state index >= 15 is 0 Å². The van der Waals surface area contributed by atoms with E-state index in [1.54, 1.807) is 0 Å². The summed E-state index contributed by atoms with van der Waals surface area (Å²) < 4.78 is 4.79. The van der Waals surface area contributed by atoms with E-state index in [1.165, 1.54) is 0 Å². The number of rotatable bonds is 3. The van der Waals surface area contributed by atoms with Crippen molar-refractivity contribution in [3.63, 3.8) is 0 Å². The van der Waals surface area contributed by atoms with Crippen LogP contribution in [0, 0.1) is 0 Å². The van der Waals surface area contributed by atoms with Crippen molar-refractivity contribution in [1.29, 1.82) is 0 Å². The quantitative estimate of drug-likeness (QED) is 0.768. The van der Waals surface area contributed by atoms with Gasteiger partial charge in [0.25, 0.3) is 0 Å². The Labute approximate surface area is 77.5 Å². The Bertz CT molecular complexity index is 272. The molecule has 3 nitrogen and oxygen atoms in total. The number of primary amides is 1. The van der Waals surface area contributed by atoms with Gasteiger partial charge in [-0.3, -0.25) is 0 Å². The first-order valence-corrected chi connectivity index (χ1v) is 4.18. The summed E-state index contributed by atoms with van der Waals surface area (Å²) in [4.78, 5) is 10.4. The number of carbonyl (C=O) groups is 1. The predicted molar refractivity (Wildman–Crippen MR) is 50.3 cm³/mol. The zero-order valence-corrected chi connectivity index (χ0v) is 7.57. The van der Waals surface area contributed by atoms with Crippen LogP contribution in [-0.2, 0) is 11.2 Å². The summed E-state index contributed by atoms with van der Waals surface area (Å²) in [5.41, 5.74) is 6.02. The van der Waals surface area contributed by atoms with E-state index in [1.807, 2.05) is 37.3 Å². The lowest BCUT2D eigenvalue weighted by atomic mass is 10.1. The van der Waals surface area contributed by atoms with Crippen LogP contribution < -0.4 is 5.73 Å². The normalized spacial score (nSPS) is 12.1. The lowest BCUT2D eigenvalue weighted by Crippen LogP contribution is -2.21. The summed E-state index contributed by atoms with van der Waals surface area (Å²) in [7, 11) is 0. The second kappa shape index (κ2) is 4.50. The standard InChI is InChI=1S/C10H13NO2/c1-8(13-10(11)12)7-9-5-3-2-4-6-9/h2-6,8H,7H2,1H3,(H2,11,12)/t8-/m1/s1. The number of carbonyl (C=O) groups excluding carboxylic acids is 1. The first kappa shape index (κ1) is 9.58. The van der Waals surface area contributed by atoms with Crippen LogP contribution in [0.2, 0.25) is 0 Å². The van der Waals surface area contributed by atoms with Crippen LogP contribution in [0.1, 0.15) is 12.5 Å². The van der Waals surface area contributed by atoms with Crippen molar-refractivity contribution in [3.05, 3.63) is 35.9 Å². The molecule has 0 saturated heterocycles. The molecule has 0 aromatic heterocycles. The zero-order chi connectivity index (χ0) is 9.68. The molecule has 1 rings (SSSR count). The van der Waals surface area contributed by atoms with Crippen molar-refractivity contribution in [2.75, 3.05) is 0 Å². The smallest absolute Gasteiger partial charge is 0.404 e. The molecule has 13 heavy (non-hydrogen) atoms. The molecule has 3 heteroatoms. The highest BCUT2D eigenvalue weighted by molar-refractivity contribution is 5.64. The van der Waals surface area contributed by atoms with Gasteiger partial charge in [-0.1, -0.05) is 30.3 Å². The summed E-state index contributed by atoms with van der Waals surface area (Å²) in [6.45, 7) is 1.82. The maximum absolute atomic E-state index is 10.4. The summed E-state index contributed by atoms with van der Waals surface area (Å²) in [6.07, 6.45) is -0.188. The molecule has 1 atom stereocenters. The first-order chi connectivity index (χ1) is 6.18. The fourth-order valence-corrected chi connectivity index (χ4v) is 1.19. The van der Waals surface area contributed by atoms with E-state index < -0.39 is 6.09 Å². The molecule has 0 radical (unpaired) electrons.